The average molecular weight is 280 g/mol. The molecule has 0 aliphatic rings. The minimum Gasteiger partial charge on any atom is -0.444 e. The van der Waals surface area contributed by atoms with Gasteiger partial charge in [0.1, 0.15) is 5.60 Å². The first-order valence-corrected chi connectivity index (χ1v) is 6.27. The number of nitrogens with zero attached hydrogens (tertiary/aromatic N) is 1. The summed E-state index contributed by atoms with van der Waals surface area (Å²) in [5.41, 5.74) is -0.740. The van der Waals surface area contributed by atoms with Crippen LogP contribution in [0.2, 0.25) is 0 Å². The Hall–Kier alpha value is -2.11. The Morgan fingerprint density at radius 3 is 2.35 bits per heavy atom. The number of ether oxygens (including phenoxy) is 1. The summed E-state index contributed by atoms with van der Waals surface area (Å²) in [5.74, 6) is 0. The maximum absolute atomic E-state index is 11.8. The molecule has 6 heteroatoms. The number of benzene rings is 1. The van der Waals surface area contributed by atoms with Crippen LogP contribution in [0.15, 0.2) is 24.3 Å². The van der Waals surface area contributed by atoms with Crippen molar-refractivity contribution in [3.63, 3.8) is 0 Å². The molecule has 0 unspecified atom stereocenters. The number of rotatable bonds is 3. The van der Waals surface area contributed by atoms with Crippen LogP contribution in [-0.2, 0) is 10.3 Å². The predicted octanol–water partition coefficient (Wildman–Crippen LogP) is 3.35. The summed E-state index contributed by atoms with van der Waals surface area (Å²) in [6.45, 7) is 8.83. The summed E-state index contributed by atoms with van der Waals surface area (Å²) in [7, 11) is 0. The molecule has 1 aromatic carbocycles. The van der Waals surface area contributed by atoms with Gasteiger partial charge in [-0.2, -0.15) is 0 Å². The summed E-state index contributed by atoms with van der Waals surface area (Å²) in [6, 6.07) is 6.17. The third-order valence-electron chi connectivity index (χ3n) is 2.59. The number of nitrogens with one attached hydrogen (secondary N) is 1. The van der Waals surface area contributed by atoms with E-state index >= 15 is 0 Å². The standard InChI is InChI=1S/C14H20N2O4/c1-13(2,3)20-12(17)15-14(4,5)10-7-6-8-11(9-10)16(18)19/h6-9H,1-5H3,(H,15,17). The van der Waals surface area contributed by atoms with E-state index in [0.29, 0.717) is 5.56 Å². The van der Waals surface area contributed by atoms with Crippen LogP contribution in [-0.4, -0.2) is 16.6 Å². The lowest BCUT2D eigenvalue weighted by molar-refractivity contribution is -0.385. The maximum Gasteiger partial charge on any atom is 0.408 e. The van der Waals surface area contributed by atoms with E-state index in [1.807, 2.05) is 0 Å². The van der Waals surface area contributed by atoms with Crippen molar-refractivity contribution in [2.45, 2.75) is 45.8 Å². The molecule has 6 nitrogen and oxygen atoms in total. The largest absolute Gasteiger partial charge is 0.444 e. The van der Waals surface area contributed by atoms with Crippen molar-refractivity contribution in [3.05, 3.63) is 39.9 Å². The molecular weight excluding hydrogens is 260 g/mol. The van der Waals surface area contributed by atoms with Gasteiger partial charge in [0.25, 0.3) is 5.69 Å². The average Bonchev–Trinajstić information content (AvgIpc) is 2.25. The second-order valence-corrected chi connectivity index (χ2v) is 6.06. The molecule has 0 aliphatic carbocycles. The highest BCUT2D eigenvalue weighted by Gasteiger charge is 2.27. The van der Waals surface area contributed by atoms with Crippen molar-refractivity contribution >= 4 is 11.8 Å². The summed E-state index contributed by atoms with van der Waals surface area (Å²) in [6.07, 6.45) is -0.561. The smallest absolute Gasteiger partial charge is 0.408 e. The van der Waals surface area contributed by atoms with Gasteiger partial charge in [-0.1, -0.05) is 12.1 Å². The van der Waals surface area contributed by atoms with Gasteiger partial charge in [-0.15, -0.1) is 0 Å². The summed E-state index contributed by atoms with van der Waals surface area (Å²) in [4.78, 5) is 22.1. The molecule has 0 bridgehead atoms. The van der Waals surface area contributed by atoms with E-state index in [2.05, 4.69) is 5.32 Å². The van der Waals surface area contributed by atoms with E-state index in [1.54, 1.807) is 46.8 Å². The Morgan fingerprint density at radius 2 is 1.85 bits per heavy atom. The monoisotopic (exact) mass is 280 g/mol. The fourth-order valence-electron chi connectivity index (χ4n) is 1.64. The molecule has 0 aliphatic heterocycles. The van der Waals surface area contributed by atoms with Gasteiger partial charge >= 0.3 is 6.09 Å². The van der Waals surface area contributed by atoms with Gasteiger partial charge in [0.05, 0.1) is 10.5 Å². The highest BCUT2D eigenvalue weighted by Crippen LogP contribution is 2.24. The number of alkyl carbamates (subject to hydrolysis) is 1. The Kier molecular flexibility index (Phi) is 4.37. The van der Waals surface area contributed by atoms with E-state index in [4.69, 9.17) is 4.74 Å². The molecule has 0 aromatic heterocycles. The SMILES string of the molecule is CC(C)(C)OC(=O)NC(C)(C)c1cccc([N+](=O)[O-])c1. The summed E-state index contributed by atoms with van der Waals surface area (Å²) < 4.78 is 5.19. The van der Waals surface area contributed by atoms with Gasteiger partial charge in [0, 0.05) is 12.1 Å². The zero-order valence-electron chi connectivity index (χ0n) is 12.4. The topological polar surface area (TPSA) is 81.5 Å². The highest BCUT2D eigenvalue weighted by molar-refractivity contribution is 5.69. The zero-order valence-corrected chi connectivity index (χ0v) is 12.4. The number of hydrogen-bond acceptors (Lipinski definition) is 4. The van der Waals surface area contributed by atoms with Crippen molar-refractivity contribution in [2.24, 2.45) is 0 Å². The number of carbonyl (C=O) groups excluding carboxylic acids is 1. The van der Waals surface area contributed by atoms with E-state index in [0.717, 1.165) is 0 Å². The molecule has 0 spiro atoms. The normalized spacial score (nSPS) is 11.8. The molecule has 1 aromatic rings. The number of nitro groups is 1. The van der Waals surface area contributed by atoms with Gasteiger partial charge in [-0.25, -0.2) is 4.79 Å². The Bertz CT molecular complexity index is 518. The van der Waals surface area contributed by atoms with Crippen LogP contribution < -0.4 is 5.32 Å². The van der Waals surface area contributed by atoms with Gasteiger partial charge in [-0.05, 0) is 40.2 Å². The molecule has 0 fully saturated rings. The second kappa shape index (κ2) is 5.48. The van der Waals surface area contributed by atoms with E-state index in [-0.39, 0.29) is 5.69 Å². The number of amides is 1. The molecule has 1 N–H and O–H groups in total. The minimum atomic E-state index is -0.769. The number of nitro benzene ring substituents is 1. The molecule has 1 amide bonds. The molecule has 0 heterocycles. The van der Waals surface area contributed by atoms with Crippen LogP contribution >= 0.6 is 0 Å². The third-order valence-corrected chi connectivity index (χ3v) is 2.59. The molecular formula is C14H20N2O4. The Labute approximate surface area is 118 Å². The van der Waals surface area contributed by atoms with Gasteiger partial charge < -0.3 is 10.1 Å². The number of hydrogen-bond donors (Lipinski definition) is 1. The first kappa shape index (κ1) is 15.9. The molecule has 0 atom stereocenters. The maximum atomic E-state index is 11.8. The quantitative estimate of drug-likeness (QED) is 0.680. The zero-order chi connectivity index (χ0) is 15.6. The van der Waals surface area contributed by atoms with Crippen molar-refractivity contribution in [1.29, 1.82) is 0 Å². The van der Waals surface area contributed by atoms with Crippen molar-refractivity contribution in [1.82, 2.24) is 5.32 Å². The Morgan fingerprint density at radius 1 is 1.25 bits per heavy atom. The van der Waals surface area contributed by atoms with Crippen LogP contribution in [0.25, 0.3) is 0 Å². The van der Waals surface area contributed by atoms with Gasteiger partial charge in [-0.3, -0.25) is 10.1 Å². The van der Waals surface area contributed by atoms with Crippen LogP contribution in [0.4, 0.5) is 10.5 Å². The minimum absolute atomic E-state index is 0.0124. The summed E-state index contributed by atoms with van der Waals surface area (Å²) >= 11 is 0. The van der Waals surface area contributed by atoms with Crippen molar-refractivity contribution < 1.29 is 14.5 Å². The lowest BCUT2D eigenvalue weighted by Crippen LogP contribution is -2.43. The predicted molar refractivity (Wildman–Crippen MR) is 75.5 cm³/mol. The number of carbonyl (C=O) groups is 1. The third kappa shape index (κ3) is 4.53. The van der Waals surface area contributed by atoms with Crippen LogP contribution in [0.3, 0.4) is 0 Å². The van der Waals surface area contributed by atoms with Crippen LogP contribution in [0.5, 0.6) is 0 Å². The van der Waals surface area contributed by atoms with E-state index in [9.17, 15) is 14.9 Å². The second-order valence-electron chi connectivity index (χ2n) is 6.06. The highest BCUT2D eigenvalue weighted by atomic mass is 16.6. The molecule has 0 saturated heterocycles. The molecule has 0 radical (unpaired) electrons. The van der Waals surface area contributed by atoms with E-state index < -0.39 is 22.2 Å². The first-order chi connectivity index (χ1) is 9.01. The Balaban J connectivity index is 2.90. The van der Waals surface area contributed by atoms with Crippen molar-refractivity contribution in [2.75, 3.05) is 0 Å². The summed E-state index contributed by atoms with van der Waals surface area (Å²) in [5, 5.41) is 13.5. The van der Waals surface area contributed by atoms with Crippen LogP contribution in [0, 0.1) is 10.1 Å². The molecule has 20 heavy (non-hydrogen) atoms. The number of non-ortho nitro benzene ring substituents is 1. The lowest BCUT2D eigenvalue weighted by atomic mass is 9.94. The molecule has 110 valence electrons. The van der Waals surface area contributed by atoms with E-state index in [1.165, 1.54) is 12.1 Å². The van der Waals surface area contributed by atoms with Crippen LogP contribution in [0.1, 0.15) is 40.2 Å². The molecule has 0 saturated carbocycles. The fourth-order valence-corrected chi connectivity index (χ4v) is 1.64. The van der Waals surface area contributed by atoms with Gasteiger partial charge in [0.15, 0.2) is 0 Å². The van der Waals surface area contributed by atoms with Crippen molar-refractivity contribution in [3.8, 4) is 0 Å². The first-order valence-electron chi connectivity index (χ1n) is 6.27. The lowest BCUT2D eigenvalue weighted by Gasteiger charge is -2.29. The van der Waals surface area contributed by atoms with Gasteiger partial charge in [0.2, 0.25) is 0 Å². The fraction of sp³-hybridized carbons (Fsp3) is 0.500. The molecule has 1 rings (SSSR count).